The maximum atomic E-state index is 15.2. The minimum Gasteiger partial charge on any atom is -0.484 e. The van der Waals surface area contributed by atoms with E-state index in [0.717, 1.165) is 19.2 Å². The monoisotopic (exact) mass is 615 g/mol. The molecule has 0 amide bonds. The standard InChI is InChI=1S/C30H22ClF4N3O5/c1-38-23-10-17(29(39)40-2)11-25(43-30(34)35)28(23)37-26(38)12-16-6-8-20(14-21(16)32)42-27-5-3-4-19(36-27)15-41-24-9-7-18(31)13-22(24)33/h3-11,13-14,30H,12,15H2,1-2H3. The van der Waals surface area contributed by atoms with Gasteiger partial charge in [0.05, 0.1) is 23.9 Å². The average molecular weight is 616 g/mol. The second-order valence-electron chi connectivity index (χ2n) is 9.16. The average Bonchev–Trinajstić information content (AvgIpc) is 3.28. The summed E-state index contributed by atoms with van der Waals surface area (Å²) in [7, 11) is 2.77. The molecule has 5 rings (SSSR count). The number of hydrogen-bond donors (Lipinski definition) is 0. The van der Waals surface area contributed by atoms with E-state index in [9.17, 15) is 18.0 Å². The first-order chi connectivity index (χ1) is 20.6. The fourth-order valence-corrected chi connectivity index (χ4v) is 4.41. The molecule has 43 heavy (non-hydrogen) atoms. The molecule has 0 saturated heterocycles. The van der Waals surface area contributed by atoms with Gasteiger partial charge in [-0.15, -0.1) is 0 Å². The molecule has 0 aliphatic heterocycles. The summed E-state index contributed by atoms with van der Waals surface area (Å²) >= 11 is 5.76. The Balaban J connectivity index is 1.32. The van der Waals surface area contributed by atoms with Crippen molar-refractivity contribution in [3.8, 4) is 23.1 Å². The summed E-state index contributed by atoms with van der Waals surface area (Å²) in [5.41, 5.74) is 1.09. The number of hydrogen-bond acceptors (Lipinski definition) is 7. The van der Waals surface area contributed by atoms with Gasteiger partial charge in [0.2, 0.25) is 5.88 Å². The minimum absolute atomic E-state index is 0.00531. The number of carbonyl (C=O) groups excluding carboxylic acids is 1. The molecule has 0 unspecified atom stereocenters. The number of methoxy groups -OCH3 is 1. The number of rotatable bonds is 10. The highest BCUT2D eigenvalue weighted by molar-refractivity contribution is 6.30. The normalized spacial score (nSPS) is 11.2. The van der Waals surface area contributed by atoms with Crippen LogP contribution < -0.4 is 14.2 Å². The lowest BCUT2D eigenvalue weighted by Gasteiger charge is -2.10. The Morgan fingerprint density at radius 3 is 2.51 bits per heavy atom. The van der Waals surface area contributed by atoms with Crippen LogP contribution in [-0.4, -0.2) is 34.2 Å². The van der Waals surface area contributed by atoms with Crippen molar-refractivity contribution in [3.63, 3.8) is 0 Å². The Bertz CT molecular complexity index is 1810. The molecule has 222 valence electrons. The third-order valence-corrected chi connectivity index (χ3v) is 6.56. The van der Waals surface area contributed by atoms with Crippen molar-refractivity contribution in [2.45, 2.75) is 19.6 Å². The molecule has 3 aromatic carbocycles. The highest BCUT2D eigenvalue weighted by Gasteiger charge is 2.20. The van der Waals surface area contributed by atoms with Crippen molar-refractivity contribution in [1.82, 2.24) is 14.5 Å². The number of pyridine rings is 1. The summed E-state index contributed by atoms with van der Waals surface area (Å²) in [5.74, 6) is -1.61. The molecular weight excluding hydrogens is 594 g/mol. The molecule has 2 aromatic heterocycles. The molecule has 8 nitrogen and oxygen atoms in total. The number of carbonyl (C=O) groups is 1. The van der Waals surface area contributed by atoms with E-state index >= 15 is 4.39 Å². The molecule has 5 aromatic rings. The van der Waals surface area contributed by atoms with Crippen molar-refractivity contribution in [1.29, 1.82) is 0 Å². The molecule has 0 radical (unpaired) electrons. The third kappa shape index (κ3) is 6.81. The smallest absolute Gasteiger partial charge is 0.387 e. The predicted molar refractivity (Wildman–Crippen MR) is 148 cm³/mol. The van der Waals surface area contributed by atoms with Gasteiger partial charge < -0.3 is 23.5 Å². The Labute approximate surface area is 247 Å². The van der Waals surface area contributed by atoms with Gasteiger partial charge in [0.1, 0.15) is 29.5 Å². The van der Waals surface area contributed by atoms with E-state index in [-0.39, 0.29) is 57.8 Å². The second kappa shape index (κ2) is 12.6. The molecular formula is C30H22ClF4N3O5. The van der Waals surface area contributed by atoms with Gasteiger partial charge in [0, 0.05) is 30.6 Å². The largest absolute Gasteiger partial charge is 0.484 e. The van der Waals surface area contributed by atoms with Crippen LogP contribution in [0.4, 0.5) is 17.6 Å². The SMILES string of the molecule is COC(=O)c1cc(OC(F)F)c2nc(Cc3ccc(Oc4cccc(COc5ccc(Cl)cc5F)n4)cc3F)n(C)c2c1. The number of fused-ring (bicyclic) bond motifs is 1. The second-order valence-corrected chi connectivity index (χ2v) is 9.60. The minimum atomic E-state index is -3.15. The number of alkyl halides is 2. The summed E-state index contributed by atoms with van der Waals surface area (Å²) in [6, 6.07) is 15.7. The van der Waals surface area contributed by atoms with E-state index in [1.807, 2.05) is 0 Å². The fourth-order valence-electron chi connectivity index (χ4n) is 4.25. The molecule has 0 spiro atoms. The number of benzene rings is 3. The zero-order chi connectivity index (χ0) is 30.7. The lowest BCUT2D eigenvalue weighted by molar-refractivity contribution is -0.0489. The van der Waals surface area contributed by atoms with Crippen LogP contribution in [0.2, 0.25) is 5.02 Å². The molecule has 0 aliphatic carbocycles. The molecule has 0 atom stereocenters. The summed E-state index contributed by atoms with van der Waals surface area (Å²) in [6.45, 7) is -3.20. The molecule has 2 heterocycles. The van der Waals surface area contributed by atoms with Crippen molar-refractivity contribution in [3.05, 3.63) is 106 Å². The lowest BCUT2D eigenvalue weighted by atomic mass is 10.1. The Morgan fingerprint density at radius 1 is 0.977 bits per heavy atom. The summed E-state index contributed by atoms with van der Waals surface area (Å²) in [6.07, 6.45) is -0.00863. The van der Waals surface area contributed by atoms with Gasteiger partial charge in [0.25, 0.3) is 0 Å². The summed E-state index contributed by atoms with van der Waals surface area (Å²) < 4.78 is 77.3. The van der Waals surface area contributed by atoms with Crippen LogP contribution in [0.15, 0.2) is 66.7 Å². The zero-order valence-electron chi connectivity index (χ0n) is 22.6. The highest BCUT2D eigenvalue weighted by atomic mass is 35.5. The van der Waals surface area contributed by atoms with E-state index in [1.54, 1.807) is 29.8 Å². The number of aryl methyl sites for hydroxylation is 1. The first-order valence-electron chi connectivity index (χ1n) is 12.6. The van der Waals surface area contributed by atoms with Crippen LogP contribution in [0.1, 0.15) is 27.4 Å². The van der Waals surface area contributed by atoms with Crippen molar-refractivity contribution in [2.75, 3.05) is 7.11 Å². The number of nitrogens with zero attached hydrogens (tertiary/aromatic N) is 3. The third-order valence-electron chi connectivity index (χ3n) is 6.33. The predicted octanol–water partition coefficient (Wildman–Crippen LogP) is 7.25. The maximum Gasteiger partial charge on any atom is 0.387 e. The Hall–Kier alpha value is -4.84. The van der Waals surface area contributed by atoms with Crippen LogP contribution in [0.5, 0.6) is 23.1 Å². The van der Waals surface area contributed by atoms with Gasteiger partial charge in [-0.1, -0.05) is 23.7 Å². The van der Waals surface area contributed by atoms with Gasteiger partial charge in [0.15, 0.2) is 17.3 Å². The van der Waals surface area contributed by atoms with Crippen molar-refractivity contribution < 1.29 is 41.3 Å². The van der Waals surface area contributed by atoms with Gasteiger partial charge in [-0.05, 0) is 48.0 Å². The van der Waals surface area contributed by atoms with Gasteiger partial charge >= 0.3 is 12.6 Å². The van der Waals surface area contributed by atoms with Gasteiger partial charge in [-0.2, -0.15) is 8.78 Å². The first-order valence-corrected chi connectivity index (χ1v) is 13.0. The van der Waals surface area contributed by atoms with Crippen LogP contribution in [0, 0.1) is 11.6 Å². The Kier molecular flexibility index (Phi) is 8.67. The molecule has 0 fully saturated rings. The molecule has 0 bridgehead atoms. The first kappa shape index (κ1) is 29.6. The molecule has 0 N–H and O–H groups in total. The van der Waals surface area contributed by atoms with E-state index in [1.165, 1.54) is 36.4 Å². The topological polar surface area (TPSA) is 84.7 Å². The van der Waals surface area contributed by atoms with Crippen LogP contribution in [0.25, 0.3) is 11.0 Å². The van der Waals surface area contributed by atoms with E-state index in [4.69, 9.17) is 25.8 Å². The van der Waals surface area contributed by atoms with Crippen LogP contribution >= 0.6 is 11.6 Å². The van der Waals surface area contributed by atoms with Crippen LogP contribution in [-0.2, 0) is 24.8 Å². The van der Waals surface area contributed by atoms with Crippen molar-refractivity contribution >= 4 is 28.6 Å². The Morgan fingerprint density at radius 2 is 1.79 bits per heavy atom. The fraction of sp³-hybridized carbons (Fsp3) is 0.167. The molecule has 13 heteroatoms. The molecule has 0 aliphatic rings. The lowest BCUT2D eigenvalue weighted by Crippen LogP contribution is -2.06. The van der Waals surface area contributed by atoms with Crippen LogP contribution in [0.3, 0.4) is 0 Å². The van der Waals surface area contributed by atoms with Gasteiger partial charge in [-0.25, -0.2) is 23.5 Å². The maximum absolute atomic E-state index is 15.2. The summed E-state index contributed by atoms with van der Waals surface area (Å²) in [4.78, 5) is 20.7. The number of aromatic nitrogens is 3. The van der Waals surface area contributed by atoms with E-state index < -0.39 is 24.2 Å². The summed E-state index contributed by atoms with van der Waals surface area (Å²) in [5, 5.41) is 0.243. The van der Waals surface area contributed by atoms with Crippen molar-refractivity contribution in [2.24, 2.45) is 7.05 Å². The number of ether oxygens (including phenoxy) is 4. The molecule has 0 saturated carbocycles. The zero-order valence-corrected chi connectivity index (χ0v) is 23.4. The van der Waals surface area contributed by atoms with E-state index in [2.05, 4.69) is 14.7 Å². The quantitative estimate of drug-likeness (QED) is 0.121. The number of esters is 1. The van der Waals surface area contributed by atoms with E-state index in [0.29, 0.717) is 17.0 Å². The highest BCUT2D eigenvalue weighted by Crippen LogP contribution is 2.31. The van der Waals surface area contributed by atoms with Gasteiger partial charge in [-0.3, -0.25) is 0 Å². The number of halogens is 5. The number of imidazole rings is 1.